The van der Waals surface area contributed by atoms with Gasteiger partial charge in [-0.15, -0.1) is 0 Å². The molecule has 2 aromatic heterocycles. The first kappa shape index (κ1) is 28.6. The average Bonchev–Trinajstić information content (AvgIpc) is 2.86. The number of aliphatic carboxylic acids is 1. The molecule has 4 rings (SSSR count). The van der Waals surface area contributed by atoms with E-state index in [9.17, 15) is 9.90 Å². The van der Waals surface area contributed by atoms with Gasteiger partial charge in [0.25, 0.3) is 0 Å². The standard InChI is InChI=1S/C32H41N3O4/c1-21-9-8-10-23(17-21)20-38-24-11-12-26(34-18-24)25-19-33-22(2)27(29(30(36)37)39-31(3,4)5)28(25)35-15-13-32(6,7)14-16-35/h8-12,17-19,29H,13-16,20H2,1-7H3,(H,36,37). The second-order valence-electron chi connectivity index (χ2n) is 12.3. The predicted octanol–water partition coefficient (Wildman–Crippen LogP) is 6.91. The highest BCUT2D eigenvalue weighted by molar-refractivity contribution is 5.85. The molecule has 1 fully saturated rings. The van der Waals surface area contributed by atoms with E-state index in [0.717, 1.165) is 42.7 Å². The number of carboxylic acid groups (broad SMARTS) is 1. The first-order valence-corrected chi connectivity index (χ1v) is 13.6. The molecule has 1 aliphatic rings. The summed E-state index contributed by atoms with van der Waals surface area (Å²) in [5, 5.41) is 10.3. The largest absolute Gasteiger partial charge is 0.487 e. The molecule has 0 radical (unpaired) electrons. The lowest BCUT2D eigenvalue weighted by atomic mass is 9.82. The summed E-state index contributed by atoms with van der Waals surface area (Å²) < 4.78 is 12.1. The van der Waals surface area contributed by atoms with E-state index in [1.807, 2.05) is 52.0 Å². The molecule has 0 aliphatic carbocycles. The summed E-state index contributed by atoms with van der Waals surface area (Å²) in [7, 11) is 0. The predicted molar refractivity (Wildman–Crippen MR) is 154 cm³/mol. The molecule has 1 atom stereocenters. The maximum absolute atomic E-state index is 12.6. The molecule has 0 saturated carbocycles. The SMILES string of the molecule is Cc1cccc(COc2ccc(-c3cnc(C)c(C(OC(C)(C)C)C(=O)O)c3N3CCC(C)(C)CC3)nc2)c1. The molecular formula is C32H41N3O4. The van der Waals surface area contributed by atoms with E-state index in [4.69, 9.17) is 14.5 Å². The number of nitrogens with zero attached hydrogens (tertiary/aromatic N) is 3. The molecule has 0 bridgehead atoms. The molecule has 208 valence electrons. The van der Waals surface area contributed by atoms with Gasteiger partial charge in [0.05, 0.1) is 23.2 Å². The maximum atomic E-state index is 12.6. The molecule has 3 heterocycles. The van der Waals surface area contributed by atoms with Crippen molar-refractivity contribution in [1.82, 2.24) is 9.97 Å². The van der Waals surface area contributed by atoms with Crippen LogP contribution in [0.25, 0.3) is 11.3 Å². The van der Waals surface area contributed by atoms with Crippen LogP contribution in [0.2, 0.25) is 0 Å². The van der Waals surface area contributed by atoms with Gasteiger partial charge in [0, 0.05) is 36.1 Å². The molecule has 0 amide bonds. The Morgan fingerprint density at radius 1 is 1.08 bits per heavy atom. The highest BCUT2D eigenvalue weighted by Gasteiger charge is 2.36. The minimum Gasteiger partial charge on any atom is -0.487 e. The third-order valence-electron chi connectivity index (χ3n) is 7.18. The lowest BCUT2D eigenvalue weighted by Gasteiger charge is -2.40. The molecular weight excluding hydrogens is 490 g/mol. The first-order valence-electron chi connectivity index (χ1n) is 13.6. The van der Waals surface area contributed by atoms with Crippen LogP contribution in [0.4, 0.5) is 5.69 Å². The van der Waals surface area contributed by atoms with Crippen molar-refractivity contribution in [2.24, 2.45) is 5.41 Å². The van der Waals surface area contributed by atoms with Crippen LogP contribution < -0.4 is 9.64 Å². The lowest BCUT2D eigenvalue weighted by Crippen LogP contribution is -2.39. The average molecular weight is 532 g/mol. The fraction of sp³-hybridized carbons (Fsp3) is 0.469. The number of aromatic nitrogens is 2. The first-order chi connectivity index (χ1) is 18.3. The minimum atomic E-state index is -1.15. The van der Waals surface area contributed by atoms with Crippen molar-refractivity contribution in [3.05, 3.63) is 71.2 Å². The Bertz CT molecular complexity index is 1300. The summed E-state index contributed by atoms with van der Waals surface area (Å²) in [6.07, 6.45) is 4.38. The zero-order valence-electron chi connectivity index (χ0n) is 24.2. The number of hydrogen-bond acceptors (Lipinski definition) is 6. The van der Waals surface area contributed by atoms with Crippen molar-refractivity contribution in [2.75, 3.05) is 18.0 Å². The topological polar surface area (TPSA) is 84.8 Å². The van der Waals surface area contributed by atoms with Gasteiger partial charge in [-0.25, -0.2) is 4.79 Å². The molecule has 3 aromatic rings. The summed E-state index contributed by atoms with van der Waals surface area (Å²) in [5.41, 5.74) is 5.47. The van der Waals surface area contributed by atoms with E-state index in [2.05, 4.69) is 42.8 Å². The van der Waals surface area contributed by atoms with Crippen LogP contribution in [0, 0.1) is 19.3 Å². The van der Waals surface area contributed by atoms with E-state index < -0.39 is 17.7 Å². The van der Waals surface area contributed by atoms with E-state index in [1.54, 1.807) is 12.4 Å². The van der Waals surface area contributed by atoms with Gasteiger partial charge >= 0.3 is 5.97 Å². The second-order valence-corrected chi connectivity index (χ2v) is 12.3. The van der Waals surface area contributed by atoms with Gasteiger partial charge in [-0.2, -0.15) is 0 Å². The van der Waals surface area contributed by atoms with Crippen LogP contribution in [-0.2, 0) is 16.1 Å². The molecule has 7 nitrogen and oxygen atoms in total. The molecule has 1 aromatic carbocycles. The minimum absolute atomic E-state index is 0.238. The molecule has 39 heavy (non-hydrogen) atoms. The van der Waals surface area contributed by atoms with Crippen LogP contribution in [0.3, 0.4) is 0 Å². The molecule has 1 unspecified atom stereocenters. The summed E-state index contributed by atoms with van der Waals surface area (Å²) >= 11 is 0. The van der Waals surface area contributed by atoms with Crippen molar-refractivity contribution in [1.29, 1.82) is 0 Å². The molecule has 1 N–H and O–H groups in total. The smallest absolute Gasteiger partial charge is 0.337 e. The van der Waals surface area contributed by atoms with E-state index in [1.165, 1.54) is 5.56 Å². The number of aryl methyl sites for hydroxylation is 2. The number of benzene rings is 1. The number of anilines is 1. The third kappa shape index (κ3) is 7.15. The quantitative estimate of drug-likeness (QED) is 0.338. The number of ether oxygens (including phenoxy) is 2. The van der Waals surface area contributed by atoms with Gasteiger partial charge in [0.2, 0.25) is 0 Å². The maximum Gasteiger partial charge on any atom is 0.337 e. The summed E-state index contributed by atoms with van der Waals surface area (Å²) in [5.74, 6) is -0.361. The Labute approximate surface area is 232 Å². The summed E-state index contributed by atoms with van der Waals surface area (Å²) in [4.78, 5) is 24.2. The number of carbonyl (C=O) groups is 1. The Morgan fingerprint density at radius 2 is 1.79 bits per heavy atom. The number of piperidine rings is 1. The zero-order chi connectivity index (χ0) is 28.4. The Morgan fingerprint density at radius 3 is 2.38 bits per heavy atom. The van der Waals surface area contributed by atoms with Gasteiger partial charge in [0.15, 0.2) is 6.10 Å². The highest BCUT2D eigenvalue weighted by atomic mass is 16.5. The molecule has 1 saturated heterocycles. The van der Waals surface area contributed by atoms with Gasteiger partial charge in [-0.05, 0) is 70.6 Å². The normalized spacial score (nSPS) is 16.1. The van der Waals surface area contributed by atoms with Crippen LogP contribution in [-0.4, -0.2) is 39.7 Å². The number of hydrogen-bond donors (Lipinski definition) is 1. The molecule has 0 spiro atoms. The van der Waals surface area contributed by atoms with Crippen LogP contribution >= 0.6 is 0 Å². The van der Waals surface area contributed by atoms with Crippen molar-refractivity contribution in [3.63, 3.8) is 0 Å². The van der Waals surface area contributed by atoms with E-state index in [0.29, 0.717) is 29.3 Å². The Kier molecular flexibility index (Phi) is 8.31. The van der Waals surface area contributed by atoms with Crippen LogP contribution in [0.1, 0.15) is 75.9 Å². The monoisotopic (exact) mass is 531 g/mol. The van der Waals surface area contributed by atoms with Crippen LogP contribution in [0.5, 0.6) is 5.75 Å². The zero-order valence-corrected chi connectivity index (χ0v) is 24.2. The summed E-state index contributed by atoms with van der Waals surface area (Å²) in [6.45, 7) is 16.2. The number of pyridine rings is 2. The Hall–Kier alpha value is -3.45. The number of carboxylic acids is 1. The lowest BCUT2D eigenvalue weighted by molar-refractivity contribution is -0.160. The molecule has 1 aliphatic heterocycles. The van der Waals surface area contributed by atoms with Crippen molar-refractivity contribution < 1.29 is 19.4 Å². The second kappa shape index (κ2) is 11.3. The summed E-state index contributed by atoms with van der Waals surface area (Å²) in [6, 6.07) is 12.0. The van der Waals surface area contributed by atoms with Gasteiger partial charge < -0.3 is 19.5 Å². The van der Waals surface area contributed by atoms with Gasteiger partial charge in [-0.3, -0.25) is 9.97 Å². The fourth-order valence-corrected chi connectivity index (χ4v) is 4.97. The van der Waals surface area contributed by atoms with E-state index >= 15 is 0 Å². The van der Waals surface area contributed by atoms with Crippen molar-refractivity contribution in [2.45, 2.75) is 79.6 Å². The van der Waals surface area contributed by atoms with Crippen LogP contribution in [0.15, 0.2) is 48.8 Å². The number of rotatable bonds is 8. The third-order valence-corrected chi connectivity index (χ3v) is 7.18. The van der Waals surface area contributed by atoms with Gasteiger partial charge in [0.1, 0.15) is 12.4 Å². The van der Waals surface area contributed by atoms with Gasteiger partial charge in [-0.1, -0.05) is 43.7 Å². The van der Waals surface area contributed by atoms with Crippen molar-refractivity contribution in [3.8, 4) is 17.0 Å². The van der Waals surface area contributed by atoms with E-state index in [-0.39, 0.29) is 5.41 Å². The van der Waals surface area contributed by atoms with Crippen molar-refractivity contribution >= 4 is 11.7 Å². The highest BCUT2D eigenvalue weighted by Crippen LogP contribution is 2.43. The fourth-order valence-electron chi connectivity index (χ4n) is 4.97. The molecule has 7 heteroatoms. The Balaban J connectivity index is 1.73.